The third kappa shape index (κ3) is 5.44. The standard InChI is InChI=1S/C25H28Cl2N6O3/c1-3-33-8-4-5-15(12-33)25-31-23(32-36-25)13-35-22-11-20-17(10-21(22)34-2)24(29-14-28-20)30-16-6-7-18(26)19(27)9-16/h6-7,9-11,14-15,23,32H,3-5,8,12-13H2,1-2H3,(H,28,29,30). The number of methoxy groups -OCH3 is 1. The van der Waals surface area contributed by atoms with Crippen LogP contribution in [0, 0.1) is 5.92 Å². The van der Waals surface area contributed by atoms with E-state index in [0.717, 1.165) is 49.4 Å². The summed E-state index contributed by atoms with van der Waals surface area (Å²) in [6.07, 6.45) is 3.43. The lowest BCUT2D eigenvalue weighted by Crippen LogP contribution is -2.39. The Hall–Kier alpha value is -2.85. The van der Waals surface area contributed by atoms with Gasteiger partial charge in [0.2, 0.25) is 5.90 Å². The van der Waals surface area contributed by atoms with E-state index in [2.05, 4.69) is 32.6 Å². The van der Waals surface area contributed by atoms with Crippen LogP contribution in [0.3, 0.4) is 0 Å². The van der Waals surface area contributed by atoms with Gasteiger partial charge in [0, 0.05) is 29.6 Å². The van der Waals surface area contributed by atoms with Crippen molar-refractivity contribution in [2.45, 2.75) is 25.9 Å². The van der Waals surface area contributed by atoms with Crippen LogP contribution < -0.4 is 20.3 Å². The Morgan fingerprint density at radius 1 is 1.17 bits per heavy atom. The monoisotopic (exact) mass is 530 g/mol. The molecule has 9 nitrogen and oxygen atoms in total. The smallest absolute Gasteiger partial charge is 0.215 e. The Labute approximate surface area is 219 Å². The summed E-state index contributed by atoms with van der Waals surface area (Å²) in [6, 6.07) is 8.97. The predicted molar refractivity (Wildman–Crippen MR) is 142 cm³/mol. The number of ether oxygens (including phenoxy) is 2. The van der Waals surface area contributed by atoms with Crippen molar-refractivity contribution >= 4 is 51.5 Å². The van der Waals surface area contributed by atoms with Gasteiger partial charge in [-0.2, -0.15) is 0 Å². The van der Waals surface area contributed by atoms with E-state index >= 15 is 0 Å². The second kappa shape index (κ2) is 11.0. The van der Waals surface area contributed by atoms with E-state index in [-0.39, 0.29) is 12.8 Å². The molecule has 3 heterocycles. The fourth-order valence-electron chi connectivity index (χ4n) is 4.45. The number of likely N-dealkylation sites (tertiary alicyclic amines) is 1. The van der Waals surface area contributed by atoms with Gasteiger partial charge in [-0.1, -0.05) is 30.1 Å². The molecule has 2 aliphatic rings. The molecule has 190 valence electrons. The van der Waals surface area contributed by atoms with Gasteiger partial charge in [0.05, 0.1) is 22.7 Å². The van der Waals surface area contributed by atoms with Gasteiger partial charge in [-0.15, -0.1) is 5.48 Å². The number of rotatable bonds is 8. The highest BCUT2D eigenvalue weighted by molar-refractivity contribution is 6.42. The number of fused-ring (bicyclic) bond motifs is 1. The van der Waals surface area contributed by atoms with Gasteiger partial charge in [0.25, 0.3) is 0 Å². The lowest BCUT2D eigenvalue weighted by molar-refractivity contribution is 0.126. The SMILES string of the molecule is CCN1CCCC(C2=NC(COc3cc4ncnc(Nc5ccc(Cl)c(Cl)c5)c4cc3OC)NO2)C1. The maximum atomic E-state index is 6.15. The molecule has 2 atom stereocenters. The van der Waals surface area contributed by atoms with Crippen molar-refractivity contribution in [3.05, 3.63) is 46.7 Å². The number of piperidine rings is 1. The van der Waals surface area contributed by atoms with Gasteiger partial charge >= 0.3 is 0 Å². The Bertz CT molecular complexity index is 1270. The zero-order valence-electron chi connectivity index (χ0n) is 20.1. The summed E-state index contributed by atoms with van der Waals surface area (Å²) in [4.78, 5) is 21.7. The number of aromatic nitrogens is 2. The molecule has 11 heteroatoms. The van der Waals surface area contributed by atoms with E-state index in [1.54, 1.807) is 19.2 Å². The minimum absolute atomic E-state index is 0.287. The number of hydrogen-bond donors (Lipinski definition) is 2. The second-order valence-electron chi connectivity index (χ2n) is 8.74. The highest BCUT2D eigenvalue weighted by Gasteiger charge is 2.30. The summed E-state index contributed by atoms with van der Waals surface area (Å²) in [5.41, 5.74) is 4.44. The van der Waals surface area contributed by atoms with Crippen molar-refractivity contribution in [1.29, 1.82) is 0 Å². The molecule has 3 aromatic rings. The number of aliphatic imine (C=N–C) groups is 1. The first-order chi connectivity index (χ1) is 17.5. The number of anilines is 2. The molecule has 0 bridgehead atoms. The zero-order chi connectivity index (χ0) is 25.1. The minimum atomic E-state index is -0.297. The van der Waals surface area contributed by atoms with Gasteiger partial charge in [0.1, 0.15) is 18.8 Å². The molecular formula is C25H28Cl2N6O3. The van der Waals surface area contributed by atoms with Crippen molar-refractivity contribution in [3.63, 3.8) is 0 Å². The summed E-state index contributed by atoms with van der Waals surface area (Å²) in [7, 11) is 1.60. The number of hydrogen-bond acceptors (Lipinski definition) is 9. The van der Waals surface area contributed by atoms with Crippen LogP contribution in [-0.2, 0) is 4.84 Å². The average Bonchev–Trinajstić information content (AvgIpc) is 3.38. The van der Waals surface area contributed by atoms with Crippen LogP contribution in [0.15, 0.2) is 41.7 Å². The molecule has 1 aromatic heterocycles. The van der Waals surface area contributed by atoms with Crippen molar-refractivity contribution in [2.75, 3.05) is 38.7 Å². The Kier molecular flexibility index (Phi) is 7.62. The van der Waals surface area contributed by atoms with E-state index in [1.165, 1.54) is 6.33 Å². The molecule has 36 heavy (non-hydrogen) atoms. The third-order valence-corrected chi connectivity index (χ3v) is 7.12. The van der Waals surface area contributed by atoms with Gasteiger partial charge < -0.3 is 24.5 Å². The maximum absolute atomic E-state index is 6.15. The average molecular weight is 531 g/mol. The fourth-order valence-corrected chi connectivity index (χ4v) is 4.75. The lowest BCUT2D eigenvalue weighted by Gasteiger charge is -2.30. The zero-order valence-corrected chi connectivity index (χ0v) is 21.6. The normalized spacial score (nSPS) is 20.2. The van der Waals surface area contributed by atoms with Crippen molar-refractivity contribution in [3.8, 4) is 11.5 Å². The van der Waals surface area contributed by atoms with Crippen LogP contribution in [0.5, 0.6) is 11.5 Å². The summed E-state index contributed by atoms with van der Waals surface area (Å²) in [5.74, 6) is 2.80. The minimum Gasteiger partial charge on any atom is -0.493 e. The van der Waals surface area contributed by atoms with E-state index in [1.807, 2.05) is 18.2 Å². The molecule has 5 rings (SSSR count). The maximum Gasteiger partial charge on any atom is 0.215 e. The van der Waals surface area contributed by atoms with Crippen molar-refractivity contribution in [1.82, 2.24) is 20.3 Å². The highest BCUT2D eigenvalue weighted by atomic mass is 35.5. The van der Waals surface area contributed by atoms with Crippen LogP contribution >= 0.6 is 23.2 Å². The summed E-state index contributed by atoms with van der Waals surface area (Å²) >= 11 is 12.2. The number of nitrogens with zero attached hydrogens (tertiary/aromatic N) is 4. The van der Waals surface area contributed by atoms with E-state index in [4.69, 9.17) is 42.5 Å². The topological polar surface area (TPSA) is 93.1 Å². The Morgan fingerprint density at radius 3 is 2.86 bits per heavy atom. The number of nitrogens with one attached hydrogen (secondary N) is 2. The molecule has 1 saturated heterocycles. The van der Waals surface area contributed by atoms with Crippen LogP contribution in [0.4, 0.5) is 11.5 Å². The van der Waals surface area contributed by atoms with E-state index in [9.17, 15) is 0 Å². The molecule has 0 amide bonds. The highest BCUT2D eigenvalue weighted by Crippen LogP contribution is 2.35. The van der Waals surface area contributed by atoms with Gasteiger partial charge in [-0.25, -0.2) is 15.0 Å². The third-order valence-electron chi connectivity index (χ3n) is 6.38. The number of halogens is 2. The number of hydroxylamine groups is 1. The first kappa shape index (κ1) is 24.8. The summed E-state index contributed by atoms with van der Waals surface area (Å²) in [6.45, 7) is 5.62. The summed E-state index contributed by atoms with van der Waals surface area (Å²) in [5, 5.41) is 4.98. The van der Waals surface area contributed by atoms with E-state index < -0.39 is 0 Å². The molecule has 2 unspecified atom stereocenters. The summed E-state index contributed by atoms with van der Waals surface area (Å²) < 4.78 is 11.7. The Balaban J connectivity index is 1.31. The molecule has 0 saturated carbocycles. The molecule has 0 spiro atoms. The molecule has 2 aliphatic heterocycles. The molecular weight excluding hydrogens is 503 g/mol. The largest absolute Gasteiger partial charge is 0.493 e. The lowest BCUT2D eigenvalue weighted by atomic mass is 9.98. The molecule has 2 aromatic carbocycles. The first-order valence-corrected chi connectivity index (χ1v) is 12.7. The molecule has 0 radical (unpaired) electrons. The first-order valence-electron chi connectivity index (χ1n) is 11.9. The van der Waals surface area contributed by atoms with Gasteiger partial charge in [-0.05, 0) is 50.2 Å². The van der Waals surface area contributed by atoms with Gasteiger partial charge in [0.15, 0.2) is 17.7 Å². The predicted octanol–water partition coefficient (Wildman–Crippen LogP) is 5.06. The number of benzene rings is 2. The quantitative estimate of drug-likeness (QED) is 0.417. The van der Waals surface area contributed by atoms with E-state index in [0.29, 0.717) is 38.8 Å². The van der Waals surface area contributed by atoms with Crippen LogP contribution in [0.25, 0.3) is 10.9 Å². The van der Waals surface area contributed by atoms with Crippen molar-refractivity contribution in [2.24, 2.45) is 10.9 Å². The fraction of sp³-hybridized carbons (Fsp3) is 0.400. The van der Waals surface area contributed by atoms with Crippen molar-refractivity contribution < 1.29 is 14.3 Å². The van der Waals surface area contributed by atoms with Crippen LogP contribution in [0.1, 0.15) is 19.8 Å². The molecule has 2 N–H and O–H groups in total. The second-order valence-corrected chi connectivity index (χ2v) is 9.56. The molecule has 0 aliphatic carbocycles. The van der Waals surface area contributed by atoms with Crippen LogP contribution in [0.2, 0.25) is 10.0 Å². The molecule has 1 fully saturated rings. The Morgan fingerprint density at radius 2 is 2.06 bits per heavy atom. The van der Waals surface area contributed by atoms with Gasteiger partial charge in [-0.3, -0.25) is 0 Å². The van der Waals surface area contributed by atoms with Crippen LogP contribution in [-0.4, -0.2) is 60.3 Å².